The Labute approximate surface area is 243 Å². The predicted molar refractivity (Wildman–Crippen MR) is 167 cm³/mol. The Morgan fingerprint density at radius 2 is 0.875 bits per heavy atom. The summed E-state index contributed by atoms with van der Waals surface area (Å²) in [6.07, 6.45) is 0.705. The van der Waals surface area contributed by atoms with Crippen molar-refractivity contribution in [2.75, 3.05) is 6.16 Å². The minimum absolute atomic E-state index is 0. The van der Waals surface area contributed by atoms with Gasteiger partial charge in [-0.3, -0.25) is 4.79 Å². The molecule has 0 spiro atoms. The van der Waals surface area contributed by atoms with Crippen molar-refractivity contribution < 1.29 is 17.2 Å². The molecule has 40 heavy (non-hydrogen) atoms. The van der Waals surface area contributed by atoms with Crippen LogP contribution in [0.25, 0.3) is 0 Å². The molecular formula is C35H30ClN2OP. The lowest BCUT2D eigenvalue weighted by Gasteiger charge is -2.27. The molecule has 3 nitrogen and oxygen atoms in total. The fraction of sp³-hybridized carbons (Fsp3) is 0.0571. The van der Waals surface area contributed by atoms with Crippen molar-refractivity contribution in [2.45, 2.75) is 6.92 Å². The van der Waals surface area contributed by atoms with Crippen LogP contribution in [-0.4, -0.2) is 23.4 Å². The van der Waals surface area contributed by atoms with E-state index >= 15 is 0 Å². The summed E-state index contributed by atoms with van der Waals surface area (Å²) in [6, 6.07) is 50.9. The lowest BCUT2D eigenvalue weighted by molar-refractivity contribution is -0.0000146. The zero-order chi connectivity index (χ0) is 26.9. The Hall–Kier alpha value is -4.17. The van der Waals surface area contributed by atoms with Gasteiger partial charge >= 0.3 is 0 Å². The SMILES string of the molecule is C/C(C[P+](c1ccccc1)(c1ccccc1)c1ccccc1)=N\N=C(C(=O)c1ccccc1)c1ccccc1.[Cl-]. The molecule has 0 radical (unpaired) electrons. The second-order valence-corrected chi connectivity index (χ2v) is 12.8. The smallest absolute Gasteiger partial charge is 0.213 e. The summed E-state index contributed by atoms with van der Waals surface area (Å²) < 4.78 is 0. The van der Waals surface area contributed by atoms with E-state index < -0.39 is 7.26 Å². The molecule has 5 rings (SSSR count). The lowest BCUT2D eigenvalue weighted by Crippen LogP contribution is -3.00. The topological polar surface area (TPSA) is 41.8 Å². The van der Waals surface area contributed by atoms with Crippen LogP contribution in [0, 0.1) is 0 Å². The molecule has 5 aromatic carbocycles. The second kappa shape index (κ2) is 13.8. The van der Waals surface area contributed by atoms with Gasteiger partial charge in [-0.05, 0) is 43.3 Å². The molecule has 5 heteroatoms. The summed E-state index contributed by atoms with van der Waals surface area (Å²) >= 11 is 0. The summed E-state index contributed by atoms with van der Waals surface area (Å²) in [5.41, 5.74) is 2.55. The molecule has 198 valence electrons. The number of ketones is 1. The average Bonchev–Trinajstić information content (AvgIpc) is 3.02. The van der Waals surface area contributed by atoms with Crippen LogP contribution in [0.15, 0.2) is 162 Å². The van der Waals surface area contributed by atoms with Crippen molar-refractivity contribution in [1.29, 1.82) is 0 Å². The van der Waals surface area contributed by atoms with E-state index in [1.54, 1.807) is 0 Å². The van der Waals surface area contributed by atoms with Crippen molar-refractivity contribution in [3.8, 4) is 0 Å². The van der Waals surface area contributed by atoms with Gasteiger partial charge in [0, 0.05) is 11.1 Å². The van der Waals surface area contributed by atoms with E-state index in [1.165, 1.54) is 15.9 Å². The largest absolute Gasteiger partial charge is 1.00 e. The van der Waals surface area contributed by atoms with E-state index in [0.717, 1.165) is 11.3 Å². The number of Topliss-reactive ketones (excluding diaryl/α,β-unsaturated/α-hetero) is 1. The number of carbonyl (C=O) groups is 1. The minimum Gasteiger partial charge on any atom is -1.00 e. The van der Waals surface area contributed by atoms with E-state index in [-0.39, 0.29) is 18.2 Å². The third-order valence-corrected chi connectivity index (χ3v) is 11.1. The number of nitrogens with zero attached hydrogens (tertiary/aromatic N) is 2. The number of hydrogen-bond donors (Lipinski definition) is 0. The first-order valence-corrected chi connectivity index (χ1v) is 15.0. The van der Waals surface area contributed by atoms with Gasteiger partial charge in [0.1, 0.15) is 35.0 Å². The average molecular weight is 561 g/mol. The highest BCUT2D eigenvalue weighted by Gasteiger charge is 2.45. The second-order valence-electron chi connectivity index (χ2n) is 9.32. The molecule has 0 aliphatic heterocycles. The van der Waals surface area contributed by atoms with Crippen LogP contribution < -0.4 is 28.3 Å². The third kappa shape index (κ3) is 6.34. The minimum atomic E-state index is -2.11. The van der Waals surface area contributed by atoms with Crippen molar-refractivity contribution in [3.63, 3.8) is 0 Å². The molecule has 0 saturated heterocycles. The number of rotatable bonds is 9. The van der Waals surface area contributed by atoms with Gasteiger partial charge in [-0.25, -0.2) is 0 Å². The molecule has 0 N–H and O–H groups in total. The summed E-state index contributed by atoms with van der Waals surface area (Å²) in [5, 5.41) is 13.2. The Morgan fingerprint density at radius 3 is 1.27 bits per heavy atom. The van der Waals surface area contributed by atoms with Crippen molar-refractivity contribution >= 4 is 40.4 Å². The van der Waals surface area contributed by atoms with Crippen LogP contribution in [0.2, 0.25) is 0 Å². The maximum Gasteiger partial charge on any atom is 0.213 e. The summed E-state index contributed by atoms with van der Waals surface area (Å²) in [4.78, 5) is 13.5. The van der Waals surface area contributed by atoms with Crippen molar-refractivity contribution in [2.24, 2.45) is 10.2 Å². The zero-order valence-electron chi connectivity index (χ0n) is 22.3. The molecule has 0 aromatic heterocycles. The van der Waals surface area contributed by atoms with Crippen LogP contribution in [0.4, 0.5) is 0 Å². The zero-order valence-corrected chi connectivity index (χ0v) is 23.9. The first-order valence-electron chi connectivity index (χ1n) is 13.0. The summed E-state index contributed by atoms with van der Waals surface area (Å²) in [7, 11) is -2.11. The van der Waals surface area contributed by atoms with E-state index in [0.29, 0.717) is 17.4 Å². The van der Waals surface area contributed by atoms with Crippen LogP contribution in [0.3, 0.4) is 0 Å². The number of halogens is 1. The van der Waals surface area contributed by atoms with Gasteiger partial charge < -0.3 is 12.4 Å². The van der Waals surface area contributed by atoms with Gasteiger partial charge in [0.05, 0.1) is 5.71 Å². The normalized spacial score (nSPS) is 11.9. The van der Waals surface area contributed by atoms with Crippen molar-refractivity contribution in [3.05, 3.63) is 163 Å². The molecule has 0 fully saturated rings. The molecule has 0 aliphatic rings. The highest BCUT2D eigenvalue weighted by atomic mass is 35.5. The van der Waals surface area contributed by atoms with Gasteiger partial charge in [0.25, 0.3) is 0 Å². The van der Waals surface area contributed by atoms with Crippen LogP contribution >= 0.6 is 7.26 Å². The summed E-state index contributed by atoms with van der Waals surface area (Å²) in [5.74, 6) is -0.145. The molecule has 5 aromatic rings. The monoisotopic (exact) mass is 560 g/mol. The Bertz CT molecular complexity index is 1480. The fourth-order valence-electron chi connectivity index (χ4n) is 4.84. The number of benzene rings is 5. The standard InChI is InChI=1S/C35H30N2OP.ClH/c1-28(36-37-34(29-17-7-2-8-18-29)35(38)30-19-9-3-10-20-30)27-39(31-21-11-4-12-22-31,32-23-13-5-14-24-32)33-25-15-6-16-26-33;/h2-26H,27H2,1H3;1H/q+1;/p-1/b36-28+,37-34?;. The number of hydrogen-bond acceptors (Lipinski definition) is 3. The lowest BCUT2D eigenvalue weighted by atomic mass is 10.0. The first-order chi connectivity index (χ1) is 19.2. The van der Waals surface area contributed by atoms with E-state index in [9.17, 15) is 4.79 Å². The fourth-order valence-corrected chi connectivity index (χ4v) is 9.07. The van der Waals surface area contributed by atoms with Gasteiger partial charge in [-0.1, -0.05) is 115 Å². The molecular weight excluding hydrogens is 531 g/mol. The molecule has 0 heterocycles. The van der Waals surface area contributed by atoms with Crippen LogP contribution in [0.1, 0.15) is 22.8 Å². The van der Waals surface area contributed by atoms with E-state index in [1.807, 2.05) is 67.6 Å². The predicted octanol–water partition coefficient (Wildman–Crippen LogP) is 3.73. The number of carbonyl (C=O) groups excluding carboxylic acids is 1. The molecule has 0 saturated carbocycles. The Kier molecular flexibility index (Phi) is 9.91. The molecule has 0 atom stereocenters. The summed E-state index contributed by atoms with van der Waals surface area (Å²) in [6.45, 7) is 2.02. The third-order valence-electron chi connectivity index (χ3n) is 6.68. The van der Waals surface area contributed by atoms with Gasteiger partial charge in [-0.15, -0.1) is 5.10 Å². The van der Waals surface area contributed by atoms with Gasteiger partial charge in [0.2, 0.25) is 5.78 Å². The van der Waals surface area contributed by atoms with Crippen LogP contribution in [0.5, 0.6) is 0 Å². The molecule has 0 unspecified atom stereocenters. The van der Waals surface area contributed by atoms with Crippen molar-refractivity contribution in [1.82, 2.24) is 0 Å². The quantitative estimate of drug-likeness (QED) is 0.117. The highest BCUT2D eigenvalue weighted by Crippen LogP contribution is 2.55. The van der Waals surface area contributed by atoms with E-state index in [4.69, 9.17) is 5.10 Å². The molecule has 0 aliphatic carbocycles. The highest BCUT2D eigenvalue weighted by molar-refractivity contribution is 7.96. The van der Waals surface area contributed by atoms with Gasteiger partial charge in [-0.2, -0.15) is 5.10 Å². The van der Waals surface area contributed by atoms with E-state index in [2.05, 4.69) is 96.1 Å². The molecule has 0 amide bonds. The molecule has 0 bridgehead atoms. The van der Waals surface area contributed by atoms with Gasteiger partial charge in [0.15, 0.2) is 0 Å². The van der Waals surface area contributed by atoms with Crippen LogP contribution in [-0.2, 0) is 0 Å². The Morgan fingerprint density at radius 1 is 0.525 bits per heavy atom. The maximum atomic E-state index is 13.5. The first kappa shape index (κ1) is 28.8. The maximum absolute atomic E-state index is 13.5. The Balaban J connectivity index is 0.00000370.